The highest BCUT2D eigenvalue weighted by molar-refractivity contribution is 6.42. The van der Waals surface area contributed by atoms with Crippen molar-refractivity contribution < 1.29 is 160 Å². The van der Waals surface area contributed by atoms with Crippen LogP contribution in [-0.4, -0.2) is 119 Å². The number of rotatable bonds is 12. The van der Waals surface area contributed by atoms with Gasteiger partial charge in [-0.25, -0.2) is 0 Å². The summed E-state index contributed by atoms with van der Waals surface area (Å²) in [6.07, 6.45) is -30.5. The van der Waals surface area contributed by atoms with E-state index in [0.717, 1.165) is 0 Å². The molecule has 0 spiro atoms. The van der Waals surface area contributed by atoms with Gasteiger partial charge < -0.3 is 0 Å². The highest BCUT2D eigenvalue weighted by Crippen LogP contribution is 2.63. The summed E-state index contributed by atoms with van der Waals surface area (Å²) in [4.78, 5) is 51.8. The zero-order valence-electron chi connectivity index (χ0n) is 35.5. The Labute approximate surface area is 403 Å². The summed E-state index contributed by atoms with van der Waals surface area (Å²) in [5.41, 5.74) is -15.7. The van der Waals surface area contributed by atoms with Crippen molar-refractivity contribution in [3.63, 3.8) is 0 Å². The topological polar surface area (TPSA) is 74.8 Å². The summed E-state index contributed by atoms with van der Waals surface area (Å²) >= 11 is 0. The third-order valence-electron chi connectivity index (χ3n) is 12.3. The molecule has 0 N–H and O–H groups in total. The van der Waals surface area contributed by atoms with Crippen LogP contribution in [0.1, 0.15) is 52.6 Å². The summed E-state index contributed by atoms with van der Waals surface area (Å²) < 4.78 is 461. The van der Waals surface area contributed by atoms with Gasteiger partial charge in [-0.3, -0.25) is 29.0 Å². The predicted octanol–water partition coefficient (Wildman–Crippen LogP) is 14.4. The number of fused-ring (bicyclic) bond motifs is 2. The van der Waals surface area contributed by atoms with Gasteiger partial charge in [0.1, 0.15) is 0 Å². The maximum Gasteiger partial charge on any atom is 0.460 e. The van der Waals surface area contributed by atoms with Crippen LogP contribution in [-0.2, 0) is 11.8 Å². The summed E-state index contributed by atoms with van der Waals surface area (Å²) in [5.74, 6) is -87.9. The Bertz CT molecular complexity index is 3190. The molecule has 38 heteroatoms. The highest BCUT2D eigenvalue weighted by Gasteiger charge is 2.84. The van der Waals surface area contributed by atoms with Crippen molar-refractivity contribution in [2.24, 2.45) is 0 Å². The molecule has 5 aromatic carbocycles. The first-order valence-electron chi connectivity index (χ1n) is 19.6. The normalized spacial score (nSPS) is 16.9. The standard InChI is InChI=1S/C40H10F32N2O4/c41-27(42,31(49,50)37(61,62)63)7-73-23(75)11-3-1-9-19-15(29(45,46)33(53,54)35(57,58)39(67,68)69)5-14-18-12(24(76)74(26(14)78)8-28(43,44)32(51,52)38(64,65)66)4-2-10(22(18)19)20-16(6-13(25(73)77)17(11)21(9)20)30(47,48)34(55,56)36(59,60)40(70,71)72/h1-6H,7-8H2. The first kappa shape index (κ1) is 59.1. The summed E-state index contributed by atoms with van der Waals surface area (Å²) in [6.45, 7) is -7.28. The molecule has 0 fully saturated rings. The Morgan fingerprint density at radius 3 is 0.769 bits per heavy atom. The molecule has 0 saturated heterocycles. The van der Waals surface area contributed by atoms with Gasteiger partial charge in [0.15, 0.2) is 0 Å². The van der Waals surface area contributed by atoms with E-state index in [4.69, 9.17) is 0 Å². The van der Waals surface area contributed by atoms with Crippen molar-refractivity contribution in [2.45, 2.75) is 83.9 Å². The van der Waals surface area contributed by atoms with Crippen LogP contribution in [0, 0.1) is 0 Å². The smallest absolute Gasteiger partial charge is 0.269 e. The summed E-state index contributed by atoms with van der Waals surface area (Å²) in [6, 6.07) is -3.72. The lowest BCUT2D eigenvalue weighted by Crippen LogP contribution is -2.60. The Balaban J connectivity index is 1.75. The van der Waals surface area contributed by atoms with E-state index in [1.54, 1.807) is 0 Å². The first-order valence-corrected chi connectivity index (χ1v) is 19.6. The van der Waals surface area contributed by atoms with Crippen molar-refractivity contribution in [2.75, 3.05) is 13.1 Å². The van der Waals surface area contributed by atoms with Crippen molar-refractivity contribution in [1.82, 2.24) is 9.80 Å². The number of nitrogens with zero attached hydrogens (tertiary/aromatic N) is 2. The van der Waals surface area contributed by atoms with Gasteiger partial charge in [-0.15, -0.1) is 0 Å². The van der Waals surface area contributed by atoms with Gasteiger partial charge in [0.2, 0.25) is 0 Å². The molecule has 6 nitrogen and oxygen atoms in total. The van der Waals surface area contributed by atoms with Gasteiger partial charge in [0.05, 0.1) is 13.1 Å². The van der Waals surface area contributed by atoms with E-state index < -0.39 is 231 Å². The van der Waals surface area contributed by atoms with Crippen LogP contribution in [0.2, 0.25) is 0 Å². The van der Waals surface area contributed by atoms with Gasteiger partial charge in [-0.1, -0.05) is 12.1 Å². The number of carbonyl (C=O) groups is 4. The number of alkyl halides is 32. The lowest BCUT2D eigenvalue weighted by Gasteiger charge is -2.38. The number of halogens is 32. The number of carbonyl (C=O) groups excluding carboxylic acids is 4. The largest absolute Gasteiger partial charge is 0.460 e. The summed E-state index contributed by atoms with van der Waals surface area (Å²) in [7, 11) is 0. The van der Waals surface area contributed by atoms with E-state index in [9.17, 15) is 125 Å². The third kappa shape index (κ3) is 7.28. The molecule has 0 unspecified atom stereocenters. The molecule has 2 heterocycles. The number of hydrogen-bond acceptors (Lipinski definition) is 4. The van der Waals surface area contributed by atoms with Gasteiger partial charge in [0.25, 0.3) is 23.6 Å². The van der Waals surface area contributed by atoms with Crippen molar-refractivity contribution >= 4 is 66.7 Å². The van der Waals surface area contributed by atoms with Crippen LogP contribution in [0.5, 0.6) is 0 Å². The Hall–Kier alpha value is -6.56. The molecule has 4 amide bonds. The molecule has 0 aromatic heterocycles. The number of hydrogen-bond donors (Lipinski definition) is 0. The Morgan fingerprint density at radius 1 is 0.282 bits per heavy atom. The lowest BCUT2D eigenvalue weighted by molar-refractivity contribution is -0.399. The van der Waals surface area contributed by atoms with Crippen LogP contribution in [0.4, 0.5) is 140 Å². The van der Waals surface area contributed by atoms with E-state index in [1.165, 1.54) is 0 Å². The van der Waals surface area contributed by atoms with Crippen molar-refractivity contribution in [1.29, 1.82) is 0 Å². The van der Waals surface area contributed by atoms with Gasteiger partial charge in [-0.2, -0.15) is 140 Å². The van der Waals surface area contributed by atoms with Crippen LogP contribution >= 0.6 is 0 Å². The van der Waals surface area contributed by atoms with Crippen molar-refractivity contribution in [3.05, 3.63) is 69.8 Å². The zero-order chi connectivity index (χ0) is 60.2. The molecule has 0 aliphatic carbocycles. The van der Waals surface area contributed by atoms with E-state index in [1.807, 2.05) is 0 Å². The van der Waals surface area contributed by atoms with Crippen LogP contribution < -0.4 is 0 Å². The lowest BCUT2D eigenvalue weighted by atomic mass is 9.76. The minimum absolute atomic E-state index is 0.289. The fourth-order valence-electron chi connectivity index (χ4n) is 8.45. The molecule has 0 bridgehead atoms. The van der Waals surface area contributed by atoms with Crippen LogP contribution in [0.15, 0.2) is 36.4 Å². The minimum Gasteiger partial charge on any atom is -0.269 e. The zero-order valence-corrected chi connectivity index (χ0v) is 35.5. The van der Waals surface area contributed by atoms with Gasteiger partial charge in [0, 0.05) is 54.9 Å². The second kappa shape index (κ2) is 16.1. The molecule has 0 radical (unpaired) electrons. The van der Waals surface area contributed by atoms with Gasteiger partial charge in [-0.05, 0) is 45.8 Å². The SMILES string of the molecule is O=C1c2ccc3c4c(C(F)(F)C(F)(F)C(F)(F)C(F)(F)F)cc5c6c(ccc(c7c(C(F)(F)C(F)(F)C(F)(F)C(F)(F)F)cc(c2c37)C(=O)N1CC(F)(F)C(F)(F)C(F)(F)F)c64)C(=O)N(CC(F)(F)C(F)(F)C(F)(F)F)C5=O. The third-order valence-corrected chi connectivity index (χ3v) is 12.3. The monoisotopic (exact) mass is 1190 g/mol. The van der Waals surface area contributed by atoms with Crippen molar-refractivity contribution in [3.8, 4) is 0 Å². The molecular weight excluding hydrogens is 1180 g/mol. The Kier molecular flexibility index (Phi) is 12.2. The Morgan fingerprint density at radius 2 is 0.526 bits per heavy atom. The molecular formula is C40H10F32N2O4. The quantitative estimate of drug-likeness (QED) is 0.0540. The highest BCUT2D eigenvalue weighted by atomic mass is 19.5. The second-order valence-electron chi connectivity index (χ2n) is 16.9. The predicted molar refractivity (Wildman–Crippen MR) is 190 cm³/mol. The molecule has 7 rings (SSSR count). The van der Waals surface area contributed by atoms with E-state index in [-0.39, 0.29) is 12.1 Å². The molecule has 0 saturated carbocycles. The summed E-state index contributed by atoms with van der Waals surface area (Å²) in [5, 5.41) is -17.7. The van der Waals surface area contributed by atoms with Gasteiger partial charge >= 0.3 is 83.9 Å². The molecule has 2 aliphatic rings. The molecule has 5 aromatic rings. The first-order chi connectivity index (χ1) is 34.5. The molecule has 0 atom stereocenters. The molecule has 78 heavy (non-hydrogen) atoms. The van der Waals surface area contributed by atoms with E-state index >= 15 is 35.1 Å². The van der Waals surface area contributed by atoms with E-state index in [0.29, 0.717) is 0 Å². The fraction of sp³-hybridized carbons (Fsp3) is 0.400. The molecule has 428 valence electrons. The fourth-order valence-corrected chi connectivity index (χ4v) is 8.45. The number of amides is 4. The number of imide groups is 2. The minimum atomic E-state index is -8.16. The second-order valence-corrected chi connectivity index (χ2v) is 16.9. The molecule has 2 aliphatic heterocycles. The van der Waals surface area contributed by atoms with Crippen LogP contribution in [0.25, 0.3) is 43.1 Å². The van der Waals surface area contributed by atoms with E-state index in [2.05, 4.69) is 0 Å². The average molecular weight is 1190 g/mol. The maximum atomic E-state index is 16.6. The number of benzene rings is 5. The average Bonchev–Trinajstić information content (AvgIpc) is 3.27. The maximum absolute atomic E-state index is 16.6. The van der Waals surface area contributed by atoms with Crippen LogP contribution in [0.3, 0.4) is 0 Å².